The summed E-state index contributed by atoms with van der Waals surface area (Å²) in [5, 5.41) is 3.84. The number of amides is 1. The highest BCUT2D eigenvalue weighted by Crippen LogP contribution is 2.42. The number of carbonyl (C=O) groups is 1. The summed E-state index contributed by atoms with van der Waals surface area (Å²) in [7, 11) is 0. The fourth-order valence-electron chi connectivity index (χ4n) is 6.62. The number of aromatic nitrogens is 2. The summed E-state index contributed by atoms with van der Waals surface area (Å²) >= 11 is 0. The van der Waals surface area contributed by atoms with Gasteiger partial charge in [0, 0.05) is 68.4 Å². The zero-order valence-electron chi connectivity index (χ0n) is 19.4. The van der Waals surface area contributed by atoms with E-state index in [1.165, 1.54) is 56.5 Å². The molecule has 1 aliphatic carbocycles. The Balaban J connectivity index is 1.18. The third-order valence-corrected chi connectivity index (χ3v) is 8.49. The zero-order chi connectivity index (χ0) is 21.4. The molecule has 1 N–H and O–H groups in total. The van der Waals surface area contributed by atoms with Crippen molar-refractivity contribution in [2.45, 2.75) is 89.1 Å². The number of hydrogen-bond donors (Lipinski definition) is 1. The minimum atomic E-state index is 0.219. The highest BCUT2D eigenvalue weighted by molar-refractivity contribution is 5.73. The van der Waals surface area contributed by atoms with Crippen LogP contribution in [-0.2, 0) is 4.79 Å². The SMILES string of the molecule is CC(=O)N1CCC(NCC2CC3CCN2CC3c2cc(C3CCCC3)nc(C)n2)CC1. The largest absolute Gasteiger partial charge is 0.343 e. The Morgan fingerprint density at radius 2 is 1.81 bits per heavy atom. The van der Waals surface area contributed by atoms with Crippen molar-refractivity contribution in [3.05, 3.63) is 23.3 Å². The number of nitrogens with one attached hydrogen (secondary N) is 1. The second-order valence-electron chi connectivity index (χ2n) is 10.5. The second-order valence-corrected chi connectivity index (χ2v) is 10.5. The smallest absolute Gasteiger partial charge is 0.219 e. The van der Waals surface area contributed by atoms with E-state index in [1.807, 2.05) is 4.90 Å². The number of aryl methyl sites for hydroxylation is 1. The van der Waals surface area contributed by atoms with Gasteiger partial charge in [-0.2, -0.15) is 0 Å². The van der Waals surface area contributed by atoms with E-state index in [0.717, 1.165) is 50.8 Å². The first kappa shape index (κ1) is 21.3. The van der Waals surface area contributed by atoms with E-state index >= 15 is 0 Å². The van der Waals surface area contributed by atoms with Crippen LogP contribution in [0.2, 0.25) is 0 Å². The van der Waals surface area contributed by atoms with Crippen LogP contribution in [-0.4, -0.2) is 70.5 Å². The van der Waals surface area contributed by atoms with Crippen molar-refractivity contribution >= 4 is 5.91 Å². The molecule has 1 amide bonds. The topological polar surface area (TPSA) is 61.4 Å². The van der Waals surface area contributed by atoms with Crippen LogP contribution < -0.4 is 5.32 Å². The molecule has 2 bridgehead atoms. The number of carbonyl (C=O) groups excluding carboxylic acids is 1. The Kier molecular flexibility index (Phi) is 6.29. The molecule has 0 radical (unpaired) electrons. The summed E-state index contributed by atoms with van der Waals surface area (Å²) in [6.45, 7) is 9.05. The van der Waals surface area contributed by atoms with Gasteiger partial charge in [0.2, 0.25) is 5.91 Å². The molecular weight excluding hydrogens is 386 g/mol. The highest BCUT2D eigenvalue weighted by Gasteiger charge is 2.41. The number of nitrogens with zero attached hydrogens (tertiary/aromatic N) is 4. The monoisotopic (exact) mass is 425 g/mol. The fraction of sp³-hybridized carbons (Fsp3) is 0.800. The first-order valence-corrected chi connectivity index (χ1v) is 12.6. The number of rotatable bonds is 5. The lowest BCUT2D eigenvalue weighted by Gasteiger charge is -2.50. The predicted molar refractivity (Wildman–Crippen MR) is 122 cm³/mol. The predicted octanol–water partition coefficient (Wildman–Crippen LogP) is 3.22. The third kappa shape index (κ3) is 4.65. The molecule has 5 heterocycles. The molecule has 1 aromatic rings. The van der Waals surface area contributed by atoms with Crippen LogP contribution in [0.25, 0.3) is 0 Å². The average Bonchev–Trinajstić information content (AvgIpc) is 3.33. The lowest BCUT2D eigenvalue weighted by molar-refractivity contribution is -0.129. The van der Waals surface area contributed by atoms with Crippen molar-refractivity contribution in [1.82, 2.24) is 25.1 Å². The highest BCUT2D eigenvalue weighted by atomic mass is 16.2. The van der Waals surface area contributed by atoms with Crippen LogP contribution in [0.15, 0.2) is 6.07 Å². The molecule has 31 heavy (non-hydrogen) atoms. The van der Waals surface area contributed by atoms with E-state index in [2.05, 4.69) is 23.2 Å². The standard InChI is InChI=1S/C25H39N5O/c1-17-27-24(19-5-3-4-6-19)14-25(28-17)23-16-30-10-7-20(23)13-22(30)15-26-21-8-11-29(12-9-21)18(2)31/h14,19-23,26H,3-13,15-16H2,1-2H3. The van der Waals surface area contributed by atoms with Gasteiger partial charge in [0.05, 0.1) is 0 Å². The molecule has 0 aromatic carbocycles. The van der Waals surface area contributed by atoms with Gasteiger partial charge in [-0.25, -0.2) is 9.97 Å². The minimum absolute atomic E-state index is 0.219. The maximum atomic E-state index is 11.6. The van der Waals surface area contributed by atoms with Crippen molar-refractivity contribution in [2.24, 2.45) is 5.92 Å². The van der Waals surface area contributed by atoms with Crippen LogP contribution in [0.5, 0.6) is 0 Å². The molecule has 0 spiro atoms. The van der Waals surface area contributed by atoms with Gasteiger partial charge in [-0.1, -0.05) is 12.8 Å². The molecule has 4 saturated heterocycles. The molecule has 170 valence electrons. The van der Waals surface area contributed by atoms with Gasteiger partial charge in [-0.05, 0) is 64.0 Å². The van der Waals surface area contributed by atoms with Crippen LogP contribution in [0, 0.1) is 12.8 Å². The molecule has 4 aliphatic heterocycles. The normalized spacial score (nSPS) is 32.0. The molecule has 1 aromatic heterocycles. The van der Waals surface area contributed by atoms with E-state index in [9.17, 15) is 4.79 Å². The Morgan fingerprint density at radius 1 is 1.06 bits per heavy atom. The maximum Gasteiger partial charge on any atom is 0.219 e. The van der Waals surface area contributed by atoms with Gasteiger partial charge >= 0.3 is 0 Å². The molecule has 6 nitrogen and oxygen atoms in total. The Morgan fingerprint density at radius 3 is 2.48 bits per heavy atom. The first-order valence-electron chi connectivity index (χ1n) is 12.6. The summed E-state index contributed by atoms with van der Waals surface area (Å²) in [4.78, 5) is 26.0. The molecule has 6 heteroatoms. The average molecular weight is 426 g/mol. The molecule has 5 aliphatic rings. The van der Waals surface area contributed by atoms with E-state index < -0.39 is 0 Å². The van der Waals surface area contributed by atoms with Crippen LogP contribution >= 0.6 is 0 Å². The molecular formula is C25H39N5O. The van der Waals surface area contributed by atoms with Crippen molar-refractivity contribution in [3.8, 4) is 0 Å². The van der Waals surface area contributed by atoms with Crippen molar-refractivity contribution in [3.63, 3.8) is 0 Å². The number of hydrogen-bond acceptors (Lipinski definition) is 5. The summed E-state index contributed by atoms with van der Waals surface area (Å²) in [5.74, 6) is 3.17. The summed E-state index contributed by atoms with van der Waals surface area (Å²) in [6, 6.07) is 3.58. The Labute approximate surface area is 187 Å². The molecule has 6 rings (SSSR count). The van der Waals surface area contributed by atoms with E-state index in [1.54, 1.807) is 6.92 Å². The van der Waals surface area contributed by atoms with Crippen LogP contribution in [0.1, 0.15) is 87.3 Å². The van der Waals surface area contributed by atoms with Gasteiger partial charge in [-0.15, -0.1) is 0 Å². The van der Waals surface area contributed by atoms with E-state index in [-0.39, 0.29) is 5.91 Å². The van der Waals surface area contributed by atoms with Gasteiger partial charge in [-0.3, -0.25) is 9.69 Å². The van der Waals surface area contributed by atoms with E-state index in [4.69, 9.17) is 9.97 Å². The van der Waals surface area contributed by atoms with Crippen molar-refractivity contribution < 1.29 is 4.79 Å². The molecule has 5 fully saturated rings. The molecule has 1 saturated carbocycles. The van der Waals surface area contributed by atoms with Gasteiger partial charge in [0.15, 0.2) is 0 Å². The molecule has 4 atom stereocenters. The summed E-state index contributed by atoms with van der Waals surface area (Å²) in [5.41, 5.74) is 2.62. The van der Waals surface area contributed by atoms with Crippen molar-refractivity contribution in [1.29, 1.82) is 0 Å². The summed E-state index contributed by atoms with van der Waals surface area (Å²) < 4.78 is 0. The van der Waals surface area contributed by atoms with Gasteiger partial charge in [0.1, 0.15) is 5.82 Å². The number of likely N-dealkylation sites (tertiary alicyclic amines) is 1. The Hall–Kier alpha value is -1.53. The first-order chi connectivity index (χ1) is 15.1. The summed E-state index contributed by atoms with van der Waals surface area (Å²) in [6.07, 6.45) is 10.1. The number of fused-ring (bicyclic) bond motifs is 3. The van der Waals surface area contributed by atoms with Gasteiger partial charge in [0.25, 0.3) is 0 Å². The second kappa shape index (κ2) is 9.14. The maximum absolute atomic E-state index is 11.6. The fourth-order valence-corrected chi connectivity index (χ4v) is 6.62. The lowest BCUT2D eigenvalue weighted by atomic mass is 9.74. The number of piperidine rings is 4. The van der Waals surface area contributed by atoms with Crippen LogP contribution in [0.4, 0.5) is 0 Å². The van der Waals surface area contributed by atoms with Crippen molar-refractivity contribution in [2.75, 3.05) is 32.7 Å². The quantitative estimate of drug-likeness (QED) is 0.785. The van der Waals surface area contributed by atoms with Gasteiger partial charge < -0.3 is 10.2 Å². The minimum Gasteiger partial charge on any atom is -0.343 e. The Bertz CT molecular complexity index is 784. The third-order valence-electron chi connectivity index (χ3n) is 8.49. The van der Waals surface area contributed by atoms with E-state index in [0.29, 0.717) is 23.9 Å². The zero-order valence-corrected chi connectivity index (χ0v) is 19.4. The lowest BCUT2D eigenvalue weighted by Crippen LogP contribution is -2.57. The molecule has 4 unspecified atom stereocenters. The van der Waals surface area contributed by atoms with Crippen LogP contribution in [0.3, 0.4) is 0 Å².